The summed E-state index contributed by atoms with van der Waals surface area (Å²) in [5, 5.41) is 12.8. The molecule has 1 saturated heterocycles. The fraction of sp³-hybridized carbons (Fsp3) is 0.941. The first-order valence-electron chi connectivity index (χ1n) is 8.77. The molecule has 2 N–H and O–H groups in total. The lowest BCUT2D eigenvalue weighted by Gasteiger charge is -2.28. The van der Waals surface area contributed by atoms with E-state index in [1.54, 1.807) is 0 Å². The SMILES string of the molecule is CCC1CCCN(CCCC(C)(NC2CC2)C(=O)O)CC1. The molecule has 0 aromatic heterocycles. The van der Waals surface area contributed by atoms with E-state index < -0.39 is 11.5 Å². The molecule has 0 spiro atoms. The molecule has 0 aromatic carbocycles. The maximum absolute atomic E-state index is 11.5. The first-order valence-corrected chi connectivity index (χ1v) is 8.77. The molecule has 1 aliphatic heterocycles. The van der Waals surface area contributed by atoms with Gasteiger partial charge in [-0.25, -0.2) is 0 Å². The van der Waals surface area contributed by atoms with E-state index in [1.807, 2.05) is 6.92 Å². The molecule has 0 bridgehead atoms. The molecule has 4 heteroatoms. The number of rotatable bonds is 8. The Bertz CT molecular complexity index is 344. The zero-order valence-electron chi connectivity index (χ0n) is 13.7. The van der Waals surface area contributed by atoms with Gasteiger partial charge in [-0.05, 0) is 77.4 Å². The molecule has 2 aliphatic rings. The minimum Gasteiger partial charge on any atom is -0.480 e. The van der Waals surface area contributed by atoms with Crippen LogP contribution in [0.4, 0.5) is 0 Å². The molecule has 0 amide bonds. The monoisotopic (exact) mass is 296 g/mol. The maximum atomic E-state index is 11.5. The summed E-state index contributed by atoms with van der Waals surface area (Å²) in [7, 11) is 0. The van der Waals surface area contributed by atoms with E-state index in [-0.39, 0.29) is 0 Å². The molecule has 2 fully saturated rings. The van der Waals surface area contributed by atoms with Crippen molar-refractivity contribution in [3.8, 4) is 0 Å². The maximum Gasteiger partial charge on any atom is 0.323 e. The summed E-state index contributed by atoms with van der Waals surface area (Å²) in [6, 6.07) is 0.439. The van der Waals surface area contributed by atoms with Crippen LogP contribution in [0.3, 0.4) is 0 Å². The quantitative estimate of drug-likeness (QED) is 0.723. The Morgan fingerprint density at radius 3 is 2.67 bits per heavy atom. The Balaban J connectivity index is 1.72. The van der Waals surface area contributed by atoms with Crippen molar-refractivity contribution in [1.29, 1.82) is 0 Å². The van der Waals surface area contributed by atoms with Crippen molar-refractivity contribution < 1.29 is 9.90 Å². The molecule has 1 aliphatic carbocycles. The van der Waals surface area contributed by atoms with Gasteiger partial charge in [-0.2, -0.15) is 0 Å². The second kappa shape index (κ2) is 7.59. The van der Waals surface area contributed by atoms with Crippen molar-refractivity contribution in [2.75, 3.05) is 19.6 Å². The van der Waals surface area contributed by atoms with E-state index in [2.05, 4.69) is 17.1 Å². The summed E-state index contributed by atoms with van der Waals surface area (Å²) in [6.45, 7) is 7.58. The van der Waals surface area contributed by atoms with Gasteiger partial charge in [0.2, 0.25) is 0 Å². The lowest BCUT2D eigenvalue weighted by molar-refractivity contribution is -0.144. The molecular weight excluding hydrogens is 264 g/mol. The van der Waals surface area contributed by atoms with Crippen molar-refractivity contribution >= 4 is 5.97 Å². The lowest BCUT2D eigenvalue weighted by atomic mass is 9.95. The Morgan fingerprint density at radius 1 is 1.29 bits per heavy atom. The van der Waals surface area contributed by atoms with E-state index in [1.165, 1.54) is 38.8 Å². The molecule has 122 valence electrons. The van der Waals surface area contributed by atoms with Gasteiger partial charge in [-0.1, -0.05) is 13.3 Å². The van der Waals surface area contributed by atoms with Crippen LogP contribution in [0.25, 0.3) is 0 Å². The first kappa shape index (κ1) is 16.8. The average molecular weight is 296 g/mol. The number of nitrogens with zero attached hydrogens (tertiary/aromatic N) is 1. The number of carboxylic acids is 1. The molecule has 2 unspecified atom stereocenters. The second-order valence-corrected chi connectivity index (χ2v) is 7.21. The standard InChI is InChI=1S/C17H32N2O2/c1-3-14-6-4-11-19(13-9-14)12-5-10-17(2,16(20)21)18-15-7-8-15/h14-15,18H,3-13H2,1-2H3,(H,20,21). The van der Waals surface area contributed by atoms with Gasteiger partial charge < -0.3 is 10.0 Å². The van der Waals surface area contributed by atoms with Crippen LogP contribution >= 0.6 is 0 Å². The topological polar surface area (TPSA) is 52.6 Å². The molecule has 0 aromatic rings. The number of nitrogens with one attached hydrogen (secondary N) is 1. The van der Waals surface area contributed by atoms with Crippen LogP contribution in [-0.2, 0) is 4.79 Å². The fourth-order valence-electron chi connectivity index (χ4n) is 3.43. The smallest absolute Gasteiger partial charge is 0.323 e. The normalized spacial score (nSPS) is 27.0. The number of likely N-dealkylation sites (tertiary alicyclic amines) is 1. The van der Waals surface area contributed by atoms with E-state index in [0.717, 1.165) is 38.1 Å². The van der Waals surface area contributed by atoms with Gasteiger partial charge in [0.15, 0.2) is 0 Å². The van der Waals surface area contributed by atoms with Gasteiger partial charge in [-0.15, -0.1) is 0 Å². The van der Waals surface area contributed by atoms with Crippen molar-refractivity contribution in [2.24, 2.45) is 5.92 Å². The zero-order chi connectivity index (χ0) is 15.3. The molecule has 1 saturated carbocycles. The zero-order valence-corrected chi connectivity index (χ0v) is 13.7. The van der Waals surface area contributed by atoms with Crippen LogP contribution in [0, 0.1) is 5.92 Å². The third-order valence-corrected chi connectivity index (χ3v) is 5.24. The third-order valence-electron chi connectivity index (χ3n) is 5.24. The second-order valence-electron chi connectivity index (χ2n) is 7.21. The predicted molar refractivity (Wildman–Crippen MR) is 85.5 cm³/mol. The summed E-state index contributed by atoms with van der Waals surface area (Å²) in [5.41, 5.74) is -0.737. The number of carboxylic acid groups (broad SMARTS) is 1. The summed E-state index contributed by atoms with van der Waals surface area (Å²) in [4.78, 5) is 14.1. The van der Waals surface area contributed by atoms with Crippen LogP contribution < -0.4 is 5.32 Å². The molecule has 21 heavy (non-hydrogen) atoms. The molecule has 1 heterocycles. The third kappa shape index (κ3) is 5.26. The van der Waals surface area contributed by atoms with Crippen molar-refractivity contribution in [3.63, 3.8) is 0 Å². The average Bonchev–Trinajstić information content (AvgIpc) is 3.26. The Morgan fingerprint density at radius 2 is 2.05 bits per heavy atom. The highest BCUT2D eigenvalue weighted by Crippen LogP contribution is 2.25. The summed E-state index contributed by atoms with van der Waals surface area (Å²) in [6.07, 6.45) is 9.24. The number of hydrogen-bond acceptors (Lipinski definition) is 3. The molecule has 2 rings (SSSR count). The van der Waals surface area contributed by atoms with Crippen LogP contribution in [0.1, 0.15) is 65.2 Å². The highest BCUT2D eigenvalue weighted by molar-refractivity contribution is 5.78. The number of carbonyl (C=O) groups is 1. The first-order chi connectivity index (χ1) is 10.0. The largest absolute Gasteiger partial charge is 0.480 e. The summed E-state index contributed by atoms with van der Waals surface area (Å²) >= 11 is 0. The Hall–Kier alpha value is -0.610. The van der Waals surface area contributed by atoms with Gasteiger partial charge in [0, 0.05) is 6.04 Å². The minimum absolute atomic E-state index is 0.439. The highest BCUT2D eigenvalue weighted by Gasteiger charge is 2.38. The molecule has 4 nitrogen and oxygen atoms in total. The predicted octanol–water partition coefficient (Wildman–Crippen LogP) is 2.87. The van der Waals surface area contributed by atoms with Crippen LogP contribution in [0.15, 0.2) is 0 Å². The Labute approximate surface area is 129 Å². The highest BCUT2D eigenvalue weighted by atomic mass is 16.4. The minimum atomic E-state index is -0.737. The van der Waals surface area contributed by atoms with Gasteiger partial charge >= 0.3 is 5.97 Å². The summed E-state index contributed by atoms with van der Waals surface area (Å²) < 4.78 is 0. The Kier molecular flexibility index (Phi) is 6.06. The summed E-state index contributed by atoms with van der Waals surface area (Å²) in [5.74, 6) is 0.201. The molecular formula is C17H32N2O2. The lowest BCUT2D eigenvalue weighted by Crippen LogP contribution is -2.50. The van der Waals surface area contributed by atoms with E-state index in [9.17, 15) is 9.90 Å². The van der Waals surface area contributed by atoms with Crippen LogP contribution in [0.5, 0.6) is 0 Å². The van der Waals surface area contributed by atoms with E-state index >= 15 is 0 Å². The van der Waals surface area contributed by atoms with E-state index in [4.69, 9.17) is 0 Å². The van der Waals surface area contributed by atoms with Gasteiger partial charge in [-0.3, -0.25) is 10.1 Å². The van der Waals surface area contributed by atoms with Crippen molar-refractivity contribution in [2.45, 2.75) is 76.8 Å². The molecule has 0 radical (unpaired) electrons. The number of hydrogen-bond donors (Lipinski definition) is 2. The van der Waals surface area contributed by atoms with Gasteiger partial charge in [0.05, 0.1) is 0 Å². The van der Waals surface area contributed by atoms with E-state index in [0.29, 0.717) is 6.04 Å². The molecule has 2 atom stereocenters. The van der Waals surface area contributed by atoms with Gasteiger partial charge in [0.1, 0.15) is 5.54 Å². The number of aliphatic carboxylic acids is 1. The van der Waals surface area contributed by atoms with Crippen molar-refractivity contribution in [1.82, 2.24) is 10.2 Å². The van der Waals surface area contributed by atoms with Crippen LogP contribution in [-0.4, -0.2) is 47.2 Å². The van der Waals surface area contributed by atoms with Crippen LogP contribution in [0.2, 0.25) is 0 Å². The van der Waals surface area contributed by atoms with Gasteiger partial charge in [0.25, 0.3) is 0 Å². The fourth-order valence-corrected chi connectivity index (χ4v) is 3.43. The van der Waals surface area contributed by atoms with Crippen molar-refractivity contribution in [3.05, 3.63) is 0 Å².